The van der Waals surface area contributed by atoms with Gasteiger partial charge in [-0.2, -0.15) is 4.40 Å². The van der Waals surface area contributed by atoms with Gasteiger partial charge in [0.05, 0.1) is 6.61 Å². The van der Waals surface area contributed by atoms with E-state index in [1.165, 1.54) is 16.3 Å². The molecule has 4 rings (SSSR count). The fourth-order valence-corrected chi connectivity index (χ4v) is 3.09. The fourth-order valence-electron chi connectivity index (χ4n) is 2.86. The Morgan fingerprint density at radius 2 is 1.95 bits per heavy atom. The molecule has 4 heteroatoms. The zero-order valence-electron chi connectivity index (χ0n) is 12.1. The normalized spacial score (nSPS) is 11.5. The van der Waals surface area contributed by atoms with Gasteiger partial charge in [0.25, 0.3) is 0 Å². The van der Waals surface area contributed by atoms with Crippen molar-refractivity contribution in [3.05, 3.63) is 54.9 Å². The molecule has 110 valence electrons. The van der Waals surface area contributed by atoms with Gasteiger partial charge in [-0.15, -0.1) is 0 Å². The van der Waals surface area contributed by atoms with Gasteiger partial charge in [-0.05, 0) is 18.6 Å². The van der Waals surface area contributed by atoms with Gasteiger partial charge in [-0.1, -0.05) is 34.1 Å². The summed E-state index contributed by atoms with van der Waals surface area (Å²) in [5, 5.41) is 3.48. The lowest BCUT2D eigenvalue weighted by Crippen LogP contribution is -2.21. The van der Waals surface area contributed by atoms with E-state index in [-0.39, 0.29) is 0 Å². The molecule has 0 fully saturated rings. The maximum atomic E-state index is 5.76. The minimum absolute atomic E-state index is 0.728. The number of fused-ring (bicyclic) bond motifs is 5. The molecular weight excluding hydrogens is 340 g/mol. The average molecular weight is 356 g/mol. The molecule has 1 N–H and O–H groups in total. The van der Waals surface area contributed by atoms with Crippen LogP contribution in [0.4, 0.5) is 0 Å². The number of aromatic nitrogens is 2. The van der Waals surface area contributed by atoms with Gasteiger partial charge in [0.2, 0.25) is 11.7 Å². The lowest BCUT2D eigenvalue weighted by molar-refractivity contribution is -0.511. The smallest absolute Gasteiger partial charge is 0.235 e. The lowest BCUT2D eigenvalue weighted by Gasteiger charge is -2.02. The van der Waals surface area contributed by atoms with E-state index in [0.29, 0.717) is 0 Å². The number of hydrogen-bond acceptors (Lipinski definition) is 1. The van der Waals surface area contributed by atoms with E-state index in [1.807, 2.05) is 12.3 Å². The molecule has 0 aliphatic heterocycles. The molecule has 0 aliphatic carbocycles. The molecule has 3 aromatic heterocycles. The quantitative estimate of drug-likeness (QED) is 0.331. The summed E-state index contributed by atoms with van der Waals surface area (Å²) < 4.78 is 7.88. The largest absolute Gasteiger partial charge is 0.487 e. The van der Waals surface area contributed by atoms with Crippen molar-refractivity contribution in [2.45, 2.75) is 6.42 Å². The molecule has 3 heterocycles. The van der Waals surface area contributed by atoms with Crippen LogP contribution in [0.5, 0.6) is 5.75 Å². The maximum absolute atomic E-state index is 5.76. The van der Waals surface area contributed by atoms with Crippen LogP contribution in [-0.2, 0) is 0 Å². The predicted molar refractivity (Wildman–Crippen MR) is 92.9 cm³/mol. The molecule has 4 aromatic rings. The predicted octanol–water partition coefficient (Wildman–Crippen LogP) is 4.22. The number of rotatable bonds is 4. The molecule has 0 radical (unpaired) electrons. The van der Waals surface area contributed by atoms with E-state index in [1.54, 1.807) is 0 Å². The van der Waals surface area contributed by atoms with Gasteiger partial charge < -0.3 is 9.72 Å². The summed E-state index contributed by atoms with van der Waals surface area (Å²) in [6.07, 6.45) is 5.13. The number of ether oxygens (including phenoxy) is 1. The fraction of sp³-hybridized carbons (Fsp3) is 0.167. The van der Waals surface area contributed by atoms with Crippen LogP contribution in [0.25, 0.3) is 27.3 Å². The number of H-pyrrole nitrogens is 1. The van der Waals surface area contributed by atoms with Crippen LogP contribution >= 0.6 is 15.9 Å². The van der Waals surface area contributed by atoms with Gasteiger partial charge in [0.1, 0.15) is 5.52 Å². The van der Waals surface area contributed by atoms with Crippen molar-refractivity contribution in [1.29, 1.82) is 0 Å². The number of benzene rings is 1. The van der Waals surface area contributed by atoms with E-state index in [0.717, 1.165) is 35.1 Å². The third-order valence-corrected chi connectivity index (χ3v) is 4.46. The molecule has 3 nitrogen and oxygen atoms in total. The van der Waals surface area contributed by atoms with Crippen LogP contribution in [0.15, 0.2) is 54.9 Å². The molecule has 0 bridgehead atoms. The van der Waals surface area contributed by atoms with Crippen molar-refractivity contribution in [3.8, 4) is 5.75 Å². The summed E-state index contributed by atoms with van der Waals surface area (Å²) >= 11 is 3.42. The van der Waals surface area contributed by atoms with Crippen LogP contribution in [0, 0.1) is 0 Å². The topological polar surface area (TPSA) is 29.1 Å². The van der Waals surface area contributed by atoms with Crippen LogP contribution < -0.4 is 9.14 Å². The Morgan fingerprint density at radius 3 is 2.86 bits per heavy atom. The molecule has 0 atom stereocenters. The van der Waals surface area contributed by atoms with Gasteiger partial charge in [0, 0.05) is 33.8 Å². The van der Waals surface area contributed by atoms with Crippen molar-refractivity contribution in [3.63, 3.8) is 0 Å². The molecule has 1 aromatic carbocycles. The molecule has 0 amide bonds. The number of para-hydroxylation sites is 1. The number of hydrogen-bond donors (Lipinski definition) is 1. The summed E-state index contributed by atoms with van der Waals surface area (Å²) in [5.74, 6) is 0.897. The van der Waals surface area contributed by atoms with Gasteiger partial charge in [-0.25, -0.2) is 0 Å². The summed E-state index contributed by atoms with van der Waals surface area (Å²) in [5.41, 5.74) is 3.49. The Morgan fingerprint density at radius 1 is 1.05 bits per heavy atom. The van der Waals surface area contributed by atoms with E-state index >= 15 is 0 Å². The number of aromatic amines is 1. The Balaban J connectivity index is 1.85. The third kappa shape index (κ3) is 2.24. The first-order valence-corrected chi connectivity index (χ1v) is 8.52. The second-order valence-electron chi connectivity index (χ2n) is 5.32. The molecular formula is C18H16BrN2O+. The van der Waals surface area contributed by atoms with Crippen LogP contribution in [-0.4, -0.2) is 16.9 Å². The van der Waals surface area contributed by atoms with Crippen molar-refractivity contribution in [2.75, 3.05) is 11.9 Å². The summed E-state index contributed by atoms with van der Waals surface area (Å²) in [7, 11) is 0. The maximum Gasteiger partial charge on any atom is 0.235 e. The number of nitrogens with one attached hydrogen (secondary N) is 1. The number of pyridine rings is 2. The standard InChI is InChI=1S/C18H15BrN2O/c19-9-3-11-22-13-6-7-17-18-15(8-10-21(17)12-13)14-4-1-2-5-16(14)20-18/h1-2,4-8,10,12H,3,9,11H2/p+1. The highest BCUT2D eigenvalue weighted by atomic mass is 79.9. The third-order valence-electron chi connectivity index (χ3n) is 3.90. The van der Waals surface area contributed by atoms with Gasteiger partial charge >= 0.3 is 0 Å². The monoisotopic (exact) mass is 355 g/mol. The van der Waals surface area contributed by atoms with Crippen molar-refractivity contribution in [1.82, 2.24) is 4.98 Å². The Kier molecular flexibility index (Phi) is 3.47. The second-order valence-corrected chi connectivity index (χ2v) is 6.12. The van der Waals surface area contributed by atoms with Crippen LogP contribution in [0.1, 0.15) is 6.42 Å². The summed E-state index contributed by atoms with van der Waals surface area (Å²) in [4.78, 5) is 3.52. The first-order valence-electron chi connectivity index (χ1n) is 7.40. The highest BCUT2D eigenvalue weighted by Crippen LogP contribution is 2.26. The van der Waals surface area contributed by atoms with Crippen LogP contribution in [0.3, 0.4) is 0 Å². The second kappa shape index (κ2) is 5.61. The molecule has 0 unspecified atom stereocenters. The molecule has 22 heavy (non-hydrogen) atoms. The van der Waals surface area contributed by atoms with Gasteiger partial charge in [-0.3, -0.25) is 0 Å². The summed E-state index contributed by atoms with van der Waals surface area (Å²) in [6.45, 7) is 0.728. The van der Waals surface area contributed by atoms with Crippen molar-refractivity contribution >= 4 is 43.3 Å². The first kappa shape index (κ1) is 13.6. The van der Waals surface area contributed by atoms with E-state index in [9.17, 15) is 0 Å². The van der Waals surface area contributed by atoms with E-state index in [2.05, 4.69) is 67.9 Å². The first-order chi connectivity index (χ1) is 10.9. The van der Waals surface area contributed by atoms with Gasteiger partial charge in [0.15, 0.2) is 11.9 Å². The Hall–Kier alpha value is -2.07. The number of alkyl halides is 1. The minimum Gasteiger partial charge on any atom is -0.487 e. The molecule has 0 spiro atoms. The van der Waals surface area contributed by atoms with Crippen molar-refractivity contribution < 1.29 is 9.14 Å². The zero-order chi connectivity index (χ0) is 14.9. The molecule has 0 saturated heterocycles. The number of halogens is 1. The Bertz CT molecular complexity index is 961. The van der Waals surface area contributed by atoms with Crippen LogP contribution in [0.2, 0.25) is 0 Å². The lowest BCUT2D eigenvalue weighted by atomic mass is 10.1. The average Bonchev–Trinajstić information content (AvgIpc) is 2.94. The van der Waals surface area contributed by atoms with E-state index < -0.39 is 0 Å². The minimum atomic E-state index is 0.728. The highest BCUT2D eigenvalue weighted by molar-refractivity contribution is 9.09. The molecule has 0 aliphatic rings. The van der Waals surface area contributed by atoms with E-state index in [4.69, 9.17) is 4.74 Å². The SMILES string of the molecule is BrCCCOc1ccc2c3[nH]c4ccccc4c3cc[n+]2c1. The number of nitrogens with zero attached hydrogens (tertiary/aromatic N) is 1. The highest BCUT2D eigenvalue weighted by Gasteiger charge is 2.13. The zero-order valence-corrected chi connectivity index (χ0v) is 13.6. The summed E-state index contributed by atoms with van der Waals surface area (Å²) in [6, 6.07) is 14.7. The molecule has 0 saturated carbocycles. The Labute approximate surface area is 136 Å². The van der Waals surface area contributed by atoms with Crippen molar-refractivity contribution in [2.24, 2.45) is 0 Å².